The molecule has 1 aromatic heterocycles. The predicted octanol–water partition coefficient (Wildman–Crippen LogP) is 4.05. The fraction of sp³-hybridized carbons (Fsp3) is 0.360. The number of imidazole rings is 1. The van der Waals surface area contributed by atoms with Crippen molar-refractivity contribution in [3.8, 4) is 5.75 Å². The third kappa shape index (κ3) is 4.21. The van der Waals surface area contributed by atoms with Crippen molar-refractivity contribution in [2.75, 3.05) is 19.6 Å². The van der Waals surface area contributed by atoms with Gasteiger partial charge in [-0.25, -0.2) is 4.98 Å². The Kier molecular flexibility index (Phi) is 6.09. The van der Waals surface area contributed by atoms with Gasteiger partial charge in [0.25, 0.3) is 5.91 Å². The lowest BCUT2D eigenvalue weighted by Crippen LogP contribution is -2.36. The molecule has 0 fully saturated rings. The number of aryl methyl sites for hydroxylation is 1. The van der Waals surface area contributed by atoms with Gasteiger partial charge in [-0.2, -0.15) is 0 Å². The van der Waals surface area contributed by atoms with Gasteiger partial charge in [0, 0.05) is 37.4 Å². The molecule has 1 aliphatic rings. The van der Waals surface area contributed by atoms with Crippen LogP contribution in [0.1, 0.15) is 58.3 Å². The standard InChI is InChI=1S/C25H30N4O2/c1-4-28(5-2)25(31)19-8-6-18(7-9-19)24-22-11-10-21(30)14-20(22)12-13-29(24)15-23-17(3)26-16-27-23/h6-11,14,16,24,30H,4-5,12-13,15H2,1-3H3,(H,26,27). The molecule has 0 spiro atoms. The van der Waals surface area contributed by atoms with E-state index in [1.54, 1.807) is 12.4 Å². The van der Waals surface area contributed by atoms with Gasteiger partial charge in [-0.15, -0.1) is 0 Å². The molecule has 31 heavy (non-hydrogen) atoms. The lowest BCUT2D eigenvalue weighted by atomic mass is 9.87. The Hall–Kier alpha value is -3.12. The van der Waals surface area contributed by atoms with Crippen molar-refractivity contribution in [3.63, 3.8) is 0 Å². The smallest absolute Gasteiger partial charge is 0.253 e. The molecular weight excluding hydrogens is 388 g/mol. The summed E-state index contributed by atoms with van der Waals surface area (Å²) in [6, 6.07) is 13.7. The van der Waals surface area contributed by atoms with Crippen LogP contribution in [0.25, 0.3) is 0 Å². The number of fused-ring (bicyclic) bond motifs is 1. The van der Waals surface area contributed by atoms with E-state index in [0.717, 1.165) is 36.5 Å². The maximum Gasteiger partial charge on any atom is 0.253 e. The fourth-order valence-electron chi connectivity index (χ4n) is 4.47. The summed E-state index contributed by atoms with van der Waals surface area (Å²) >= 11 is 0. The maximum atomic E-state index is 12.7. The Balaban J connectivity index is 1.69. The molecule has 1 atom stereocenters. The summed E-state index contributed by atoms with van der Waals surface area (Å²) in [5.41, 5.74) is 6.33. The van der Waals surface area contributed by atoms with Gasteiger partial charge in [0.15, 0.2) is 0 Å². The minimum atomic E-state index is 0.0399. The van der Waals surface area contributed by atoms with Crippen LogP contribution in [-0.4, -0.2) is 50.4 Å². The molecular formula is C25H30N4O2. The van der Waals surface area contributed by atoms with Crippen molar-refractivity contribution < 1.29 is 9.90 Å². The number of phenolic OH excluding ortho intramolecular Hbond substituents is 1. The van der Waals surface area contributed by atoms with Crippen molar-refractivity contribution in [1.29, 1.82) is 0 Å². The average molecular weight is 419 g/mol. The van der Waals surface area contributed by atoms with Crippen LogP contribution in [0.15, 0.2) is 48.8 Å². The molecule has 1 unspecified atom stereocenters. The van der Waals surface area contributed by atoms with Crippen molar-refractivity contribution in [2.45, 2.75) is 39.8 Å². The molecule has 0 radical (unpaired) electrons. The summed E-state index contributed by atoms with van der Waals surface area (Å²) in [6.07, 6.45) is 2.62. The highest BCUT2D eigenvalue weighted by Gasteiger charge is 2.30. The van der Waals surface area contributed by atoms with E-state index in [4.69, 9.17) is 0 Å². The van der Waals surface area contributed by atoms with E-state index >= 15 is 0 Å². The predicted molar refractivity (Wildman–Crippen MR) is 121 cm³/mol. The fourth-order valence-corrected chi connectivity index (χ4v) is 4.47. The first-order valence-electron chi connectivity index (χ1n) is 11.0. The van der Waals surface area contributed by atoms with E-state index in [2.05, 4.69) is 27.0 Å². The van der Waals surface area contributed by atoms with Gasteiger partial charge in [0.2, 0.25) is 0 Å². The van der Waals surface area contributed by atoms with Crippen LogP contribution in [0.3, 0.4) is 0 Å². The van der Waals surface area contributed by atoms with Crippen LogP contribution in [0.4, 0.5) is 0 Å². The van der Waals surface area contributed by atoms with Crippen molar-refractivity contribution in [3.05, 3.63) is 82.4 Å². The zero-order valence-electron chi connectivity index (χ0n) is 18.4. The number of rotatable bonds is 6. The summed E-state index contributed by atoms with van der Waals surface area (Å²) in [7, 11) is 0. The highest BCUT2D eigenvalue weighted by Crippen LogP contribution is 2.37. The van der Waals surface area contributed by atoms with Crippen LogP contribution >= 0.6 is 0 Å². The second-order valence-electron chi connectivity index (χ2n) is 8.08. The number of H-pyrrole nitrogens is 1. The van der Waals surface area contributed by atoms with E-state index in [1.807, 2.05) is 49.9 Å². The number of phenols is 1. The highest BCUT2D eigenvalue weighted by molar-refractivity contribution is 5.94. The van der Waals surface area contributed by atoms with E-state index in [-0.39, 0.29) is 11.9 Å². The molecule has 6 nitrogen and oxygen atoms in total. The van der Waals surface area contributed by atoms with Crippen LogP contribution < -0.4 is 0 Å². The first kappa shape index (κ1) is 21.1. The Morgan fingerprint density at radius 2 is 1.94 bits per heavy atom. The zero-order valence-corrected chi connectivity index (χ0v) is 18.4. The molecule has 4 rings (SSSR count). The molecule has 0 saturated heterocycles. The van der Waals surface area contributed by atoms with E-state index in [0.29, 0.717) is 24.4 Å². The summed E-state index contributed by atoms with van der Waals surface area (Å²) in [5, 5.41) is 9.98. The van der Waals surface area contributed by atoms with Crippen molar-refractivity contribution in [1.82, 2.24) is 19.8 Å². The summed E-state index contributed by atoms with van der Waals surface area (Å²) in [4.78, 5) is 24.6. The first-order chi connectivity index (χ1) is 15.0. The number of nitrogens with zero attached hydrogens (tertiary/aromatic N) is 3. The second kappa shape index (κ2) is 8.94. The number of carbonyl (C=O) groups is 1. The number of amides is 1. The monoisotopic (exact) mass is 418 g/mol. The second-order valence-corrected chi connectivity index (χ2v) is 8.08. The van der Waals surface area contributed by atoms with Crippen LogP contribution in [0.2, 0.25) is 0 Å². The minimum Gasteiger partial charge on any atom is -0.508 e. The number of benzene rings is 2. The van der Waals surface area contributed by atoms with E-state index < -0.39 is 0 Å². The summed E-state index contributed by atoms with van der Waals surface area (Å²) < 4.78 is 0. The van der Waals surface area contributed by atoms with E-state index in [9.17, 15) is 9.90 Å². The third-order valence-electron chi connectivity index (χ3n) is 6.27. The van der Waals surface area contributed by atoms with Gasteiger partial charge in [-0.05, 0) is 68.1 Å². The van der Waals surface area contributed by atoms with Gasteiger partial charge in [-0.3, -0.25) is 9.69 Å². The number of aromatic hydroxyl groups is 1. The highest BCUT2D eigenvalue weighted by atomic mass is 16.3. The summed E-state index contributed by atoms with van der Waals surface area (Å²) in [5.74, 6) is 0.365. The van der Waals surface area contributed by atoms with Gasteiger partial charge >= 0.3 is 0 Å². The minimum absolute atomic E-state index is 0.0399. The molecule has 3 aromatic rings. The number of hydrogen-bond acceptors (Lipinski definition) is 4. The van der Waals surface area contributed by atoms with Gasteiger partial charge in [0.05, 0.1) is 18.1 Å². The molecule has 6 heteroatoms. The lowest BCUT2D eigenvalue weighted by molar-refractivity contribution is 0.0773. The largest absolute Gasteiger partial charge is 0.508 e. The maximum absolute atomic E-state index is 12.7. The Morgan fingerprint density at radius 3 is 2.58 bits per heavy atom. The number of hydrogen-bond donors (Lipinski definition) is 2. The Bertz CT molecular complexity index is 1050. The first-order valence-corrected chi connectivity index (χ1v) is 11.0. The number of aromatic amines is 1. The molecule has 2 aromatic carbocycles. The molecule has 162 valence electrons. The van der Waals surface area contributed by atoms with Gasteiger partial charge in [-0.1, -0.05) is 18.2 Å². The number of aromatic nitrogens is 2. The molecule has 1 amide bonds. The van der Waals surface area contributed by atoms with Crippen LogP contribution in [0.5, 0.6) is 5.75 Å². The molecule has 1 aliphatic heterocycles. The zero-order chi connectivity index (χ0) is 22.0. The summed E-state index contributed by atoms with van der Waals surface area (Å²) in [6.45, 7) is 9.05. The SMILES string of the molecule is CCN(CC)C(=O)c1ccc(C2c3ccc(O)cc3CCN2Cc2nc[nH]c2C)cc1. The van der Waals surface area contributed by atoms with Gasteiger partial charge in [0.1, 0.15) is 5.75 Å². The van der Waals surface area contributed by atoms with Crippen molar-refractivity contribution in [2.24, 2.45) is 0 Å². The van der Waals surface area contributed by atoms with Crippen LogP contribution in [0, 0.1) is 6.92 Å². The molecule has 0 aliphatic carbocycles. The quantitative estimate of drug-likeness (QED) is 0.633. The Morgan fingerprint density at radius 1 is 1.19 bits per heavy atom. The van der Waals surface area contributed by atoms with Gasteiger partial charge < -0.3 is 15.0 Å². The van der Waals surface area contributed by atoms with Crippen molar-refractivity contribution >= 4 is 5.91 Å². The molecule has 2 heterocycles. The molecule has 0 bridgehead atoms. The molecule has 2 N–H and O–H groups in total. The van der Waals surface area contributed by atoms with Crippen LogP contribution in [-0.2, 0) is 13.0 Å². The lowest BCUT2D eigenvalue weighted by Gasteiger charge is -2.37. The third-order valence-corrected chi connectivity index (χ3v) is 6.27. The topological polar surface area (TPSA) is 72.5 Å². The molecule has 0 saturated carbocycles. The Labute approximate surface area is 183 Å². The normalized spacial score (nSPS) is 16.2. The number of carbonyl (C=O) groups excluding carboxylic acids is 1. The average Bonchev–Trinajstić information content (AvgIpc) is 3.19. The van der Waals surface area contributed by atoms with E-state index in [1.165, 1.54) is 11.1 Å². The number of nitrogens with one attached hydrogen (secondary N) is 1.